The molecular weight excluding hydrogens is 480 g/mol. The van der Waals surface area contributed by atoms with Crippen LogP contribution in [0.3, 0.4) is 0 Å². The third-order valence-electron chi connectivity index (χ3n) is 4.45. The first kappa shape index (κ1) is 25.2. The van der Waals surface area contributed by atoms with E-state index >= 15 is 0 Å². The molecule has 0 aliphatic carbocycles. The third-order valence-corrected chi connectivity index (χ3v) is 6.08. The lowest BCUT2D eigenvalue weighted by Gasteiger charge is -2.13. The molecule has 3 rings (SSSR count). The van der Waals surface area contributed by atoms with Gasteiger partial charge < -0.3 is 19.9 Å². The Morgan fingerprint density at radius 3 is 2.65 bits per heavy atom. The van der Waals surface area contributed by atoms with Gasteiger partial charge >= 0.3 is 5.97 Å². The summed E-state index contributed by atoms with van der Waals surface area (Å²) in [5.41, 5.74) is 1.13. The van der Waals surface area contributed by atoms with Gasteiger partial charge in [0.1, 0.15) is 6.54 Å². The molecule has 0 radical (unpaired) electrons. The fraction of sp³-hybridized carbons (Fsp3) is 0.217. The molecule has 0 bridgehead atoms. The molecule has 1 saturated heterocycles. The lowest BCUT2D eigenvalue weighted by Crippen LogP contribution is -2.36. The second-order valence-electron chi connectivity index (χ2n) is 6.87. The zero-order valence-corrected chi connectivity index (χ0v) is 20.0. The maximum absolute atomic E-state index is 12.8. The second kappa shape index (κ2) is 11.6. The van der Waals surface area contributed by atoms with Crippen LogP contribution < -0.4 is 14.8 Å². The van der Waals surface area contributed by atoms with E-state index in [1.807, 2.05) is 12.3 Å². The monoisotopic (exact) mass is 502 g/mol. The first-order valence-electron chi connectivity index (χ1n) is 10.1. The molecule has 1 aliphatic rings. The highest BCUT2D eigenvalue weighted by atomic mass is 32.2. The normalized spacial score (nSPS) is 14.4. The highest BCUT2D eigenvalue weighted by molar-refractivity contribution is 8.18. The number of carboxylic acids is 1. The van der Waals surface area contributed by atoms with Crippen LogP contribution in [0, 0.1) is 0 Å². The van der Waals surface area contributed by atoms with Crippen molar-refractivity contribution in [3.05, 3.63) is 52.9 Å². The minimum atomic E-state index is -1.12. The molecule has 2 aromatic rings. The van der Waals surface area contributed by atoms with Crippen molar-refractivity contribution in [1.29, 1.82) is 0 Å². The summed E-state index contributed by atoms with van der Waals surface area (Å²) in [6, 6.07) is 12.0. The lowest BCUT2D eigenvalue weighted by molar-refractivity contribution is -0.139. The number of carbonyl (C=O) groups is 4. The van der Waals surface area contributed by atoms with E-state index in [0.29, 0.717) is 23.6 Å². The zero-order chi connectivity index (χ0) is 24.7. The van der Waals surface area contributed by atoms with Crippen molar-refractivity contribution >= 4 is 58.3 Å². The van der Waals surface area contributed by atoms with Gasteiger partial charge in [0.05, 0.1) is 11.5 Å². The number of imide groups is 1. The van der Waals surface area contributed by atoms with Gasteiger partial charge in [-0.2, -0.15) is 0 Å². The number of hydrogen-bond acceptors (Lipinski definition) is 8. The minimum absolute atomic E-state index is 0.156. The molecule has 178 valence electrons. The number of nitrogens with zero attached hydrogens (tertiary/aromatic N) is 1. The number of rotatable bonds is 10. The summed E-state index contributed by atoms with van der Waals surface area (Å²) < 4.78 is 10.7. The van der Waals surface area contributed by atoms with E-state index in [-0.39, 0.29) is 10.7 Å². The van der Waals surface area contributed by atoms with Crippen LogP contribution in [-0.2, 0) is 14.4 Å². The van der Waals surface area contributed by atoms with Gasteiger partial charge in [0.2, 0.25) is 5.91 Å². The number of hydrogen-bond donors (Lipinski definition) is 2. The first-order valence-corrected chi connectivity index (χ1v) is 12.2. The summed E-state index contributed by atoms with van der Waals surface area (Å²) >= 11 is 2.26. The number of amides is 3. The average Bonchev–Trinajstić information content (AvgIpc) is 3.06. The van der Waals surface area contributed by atoms with Gasteiger partial charge in [-0.3, -0.25) is 19.3 Å². The largest absolute Gasteiger partial charge is 0.490 e. The van der Waals surface area contributed by atoms with E-state index in [4.69, 9.17) is 14.6 Å². The fourth-order valence-electron chi connectivity index (χ4n) is 2.97. The molecule has 2 aromatic carbocycles. The Hall–Kier alpha value is -3.44. The summed E-state index contributed by atoms with van der Waals surface area (Å²) in [6.07, 6.45) is 3.43. The highest BCUT2D eigenvalue weighted by Crippen LogP contribution is 2.34. The molecule has 1 fully saturated rings. The Labute approximate surface area is 204 Å². The van der Waals surface area contributed by atoms with Crippen LogP contribution in [0.25, 0.3) is 6.08 Å². The van der Waals surface area contributed by atoms with Crippen molar-refractivity contribution in [2.45, 2.75) is 11.8 Å². The van der Waals surface area contributed by atoms with Gasteiger partial charge in [-0.15, -0.1) is 11.8 Å². The molecule has 9 nitrogen and oxygen atoms in total. The number of carboxylic acid groups (broad SMARTS) is 1. The number of benzene rings is 2. The number of aliphatic carboxylic acids is 1. The first-order chi connectivity index (χ1) is 16.3. The Kier molecular flexibility index (Phi) is 8.61. The summed E-state index contributed by atoms with van der Waals surface area (Å²) in [7, 11) is 0. The molecule has 0 spiro atoms. The highest BCUT2D eigenvalue weighted by Gasteiger charge is 2.36. The van der Waals surface area contributed by atoms with E-state index in [1.165, 1.54) is 23.9 Å². The summed E-state index contributed by atoms with van der Waals surface area (Å²) in [5.74, 6) is -1.63. The molecule has 1 heterocycles. The van der Waals surface area contributed by atoms with Crippen molar-refractivity contribution in [3.63, 3.8) is 0 Å². The van der Waals surface area contributed by atoms with E-state index < -0.39 is 36.2 Å². The molecule has 3 amide bonds. The van der Waals surface area contributed by atoms with E-state index in [0.717, 1.165) is 21.6 Å². The van der Waals surface area contributed by atoms with E-state index in [9.17, 15) is 19.2 Å². The predicted molar refractivity (Wildman–Crippen MR) is 130 cm³/mol. The Balaban J connectivity index is 1.71. The predicted octanol–water partition coefficient (Wildman–Crippen LogP) is 3.95. The van der Waals surface area contributed by atoms with Crippen LogP contribution in [0.1, 0.15) is 12.5 Å². The van der Waals surface area contributed by atoms with Crippen LogP contribution in [0.4, 0.5) is 10.5 Å². The van der Waals surface area contributed by atoms with E-state index in [1.54, 1.807) is 37.3 Å². The van der Waals surface area contributed by atoms with Crippen molar-refractivity contribution < 1.29 is 33.8 Å². The lowest BCUT2D eigenvalue weighted by atomic mass is 10.2. The average molecular weight is 503 g/mol. The Bertz CT molecular complexity index is 1150. The SMILES string of the molecule is CCOc1cc(C=C2SC(=O)N(CC(=O)Nc3cccc(SC)c3)C2=O)ccc1OCC(=O)O. The summed E-state index contributed by atoms with van der Waals surface area (Å²) in [6.45, 7) is 1.15. The molecule has 11 heteroatoms. The van der Waals surface area contributed by atoms with Crippen LogP contribution in [0.5, 0.6) is 11.5 Å². The number of anilines is 1. The Morgan fingerprint density at radius 1 is 1.15 bits per heavy atom. The maximum atomic E-state index is 12.8. The molecule has 0 unspecified atom stereocenters. The van der Waals surface area contributed by atoms with Crippen molar-refractivity contribution in [2.24, 2.45) is 0 Å². The van der Waals surface area contributed by atoms with Gasteiger partial charge in [0.15, 0.2) is 18.1 Å². The molecule has 1 aliphatic heterocycles. The smallest absolute Gasteiger partial charge is 0.341 e. The van der Waals surface area contributed by atoms with E-state index in [2.05, 4.69) is 5.32 Å². The van der Waals surface area contributed by atoms with Gasteiger partial charge in [-0.25, -0.2) is 4.79 Å². The van der Waals surface area contributed by atoms with Gasteiger partial charge in [-0.05, 0) is 66.9 Å². The van der Waals surface area contributed by atoms with Crippen molar-refractivity contribution in [1.82, 2.24) is 4.90 Å². The second-order valence-corrected chi connectivity index (χ2v) is 8.74. The van der Waals surface area contributed by atoms with Gasteiger partial charge in [-0.1, -0.05) is 12.1 Å². The maximum Gasteiger partial charge on any atom is 0.341 e. The number of thioether (sulfide) groups is 2. The van der Waals surface area contributed by atoms with Crippen LogP contribution in [0.15, 0.2) is 52.3 Å². The summed E-state index contributed by atoms with van der Waals surface area (Å²) in [5, 5.41) is 11.0. The number of nitrogens with one attached hydrogen (secondary N) is 1. The van der Waals surface area contributed by atoms with Gasteiger partial charge in [0.25, 0.3) is 11.1 Å². The molecule has 34 heavy (non-hydrogen) atoms. The standard InChI is InChI=1S/C23H22N2O7S2/c1-3-31-18-9-14(7-8-17(18)32-13-21(27)28)10-19-22(29)25(23(30)34-19)12-20(26)24-15-5-4-6-16(11-15)33-2/h4-11H,3,12-13H2,1-2H3,(H,24,26)(H,27,28). The minimum Gasteiger partial charge on any atom is -0.490 e. The van der Waals surface area contributed by atoms with Crippen LogP contribution in [-0.4, -0.2) is 59.0 Å². The molecular formula is C23H22N2O7S2. The molecule has 2 N–H and O–H groups in total. The van der Waals surface area contributed by atoms with Crippen molar-refractivity contribution in [3.8, 4) is 11.5 Å². The van der Waals surface area contributed by atoms with Crippen molar-refractivity contribution in [2.75, 3.05) is 31.3 Å². The third kappa shape index (κ3) is 6.55. The quantitative estimate of drug-likeness (QED) is 0.367. The topological polar surface area (TPSA) is 122 Å². The number of carbonyl (C=O) groups excluding carboxylic acids is 3. The molecule has 0 atom stereocenters. The number of ether oxygens (including phenoxy) is 2. The molecule has 0 aromatic heterocycles. The van der Waals surface area contributed by atoms with Crippen LogP contribution in [0.2, 0.25) is 0 Å². The Morgan fingerprint density at radius 2 is 1.94 bits per heavy atom. The zero-order valence-electron chi connectivity index (χ0n) is 18.4. The fourth-order valence-corrected chi connectivity index (χ4v) is 4.27. The van der Waals surface area contributed by atoms with Gasteiger partial charge in [0, 0.05) is 10.6 Å². The molecule has 0 saturated carbocycles. The summed E-state index contributed by atoms with van der Waals surface area (Å²) in [4.78, 5) is 50.4. The van der Waals surface area contributed by atoms with Crippen LogP contribution >= 0.6 is 23.5 Å².